The lowest BCUT2D eigenvalue weighted by Gasteiger charge is -2.11. The topological polar surface area (TPSA) is 43.6 Å². The van der Waals surface area contributed by atoms with Gasteiger partial charge in [0, 0.05) is 15.7 Å². The number of rotatable bonds is 2. The van der Waals surface area contributed by atoms with Gasteiger partial charge < -0.3 is 0 Å². The summed E-state index contributed by atoms with van der Waals surface area (Å²) in [5.74, 6) is 0.830. The van der Waals surface area contributed by atoms with Crippen LogP contribution in [0.1, 0.15) is 11.1 Å². The molecule has 0 aliphatic rings. The van der Waals surface area contributed by atoms with Crippen molar-refractivity contribution in [2.75, 3.05) is 0 Å². The van der Waals surface area contributed by atoms with E-state index in [1.165, 1.54) is 11.1 Å². The van der Waals surface area contributed by atoms with Gasteiger partial charge in [-0.3, -0.25) is 4.57 Å². The minimum Gasteiger partial charge on any atom is -0.275 e. The molecule has 28 heavy (non-hydrogen) atoms. The minimum atomic E-state index is 0.646. The lowest BCUT2D eigenvalue weighted by Crippen LogP contribution is -2.00. The Balaban J connectivity index is 1.90. The van der Waals surface area contributed by atoms with E-state index in [0.717, 1.165) is 38.2 Å². The molecule has 0 amide bonds. The predicted molar refractivity (Wildman–Crippen MR) is 117 cm³/mol. The zero-order chi connectivity index (χ0) is 19.3. The fraction of sp³-hybridized carbons (Fsp3) is 0.0870. The van der Waals surface area contributed by atoms with Gasteiger partial charge in [-0.15, -0.1) is 0 Å². The van der Waals surface area contributed by atoms with Gasteiger partial charge in [-0.2, -0.15) is 0 Å². The highest BCUT2D eigenvalue weighted by Gasteiger charge is 2.18. The third-order valence-corrected chi connectivity index (χ3v) is 5.21. The number of fused-ring (bicyclic) bond motifs is 2. The SMILES string of the molecule is Cc1cc(C)cc(-n2c(-c3cccc(Br)c3)nc3nc4ccccc4nc32)c1. The van der Waals surface area contributed by atoms with E-state index in [-0.39, 0.29) is 0 Å². The van der Waals surface area contributed by atoms with Crippen LogP contribution < -0.4 is 0 Å². The van der Waals surface area contributed by atoms with Crippen molar-refractivity contribution < 1.29 is 0 Å². The standard InChI is InChI=1S/C23H17BrN4/c1-14-10-15(2)12-18(11-14)28-22(16-6-5-7-17(24)13-16)27-21-23(28)26-20-9-4-3-8-19(20)25-21/h3-13H,1-2H3. The van der Waals surface area contributed by atoms with Crippen molar-refractivity contribution in [2.45, 2.75) is 13.8 Å². The van der Waals surface area contributed by atoms with Crippen molar-refractivity contribution >= 4 is 38.3 Å². The first-order chi connectivity index (χ1) is 13.6. The molecule has 5 rings (SSSR count). The fourth-order valence-electron chi connectivity index (χ4n) is 3.60. The molecular weight excluding hydrogens is 412 g/mol. The molecule has 5 aromatic rings. The van der Waals surface area contributed by atoms with Crippen LogP contribution in [-0.2, 0) is 0 Å². The Labute approximate surface area is 171 Å². The lowest BCUT2D eigenvalue weighted by molar-refractivity contribution is 1.07. The second-order valence-electron chi connectivity index (χ2n) is 6.99. The number of nitrogens with zero attached hydrogens (tertiary/aromatic N) is 4. The Morgan fingerprint density at radius 2 is 1.46 bits per heavy atom. The maximum atomic E-state index is 4.91. The van der Waals surface area contributed by atoms with E-state index < -0.39 is 0 Å². The van der Waals surface area contributed by atoms with Crippen LogP contribution in [0.2, 0.25) is 0 Å². The monoisotopic (exact) mass is 428 g/mol. The van der Waals surface area contributed by atoms with E-state index in [9.17, 15) is 0 Å². The Bertz CT molecular complexity index is 1330. The van der Waals surface area contributed by atoms with Gasteiger partial charge in [0.15, 0.2) is 11.3 Å². The molecule has 0 radical (unpaired) electrons. The van der Waals surface area contributed by atoms with Gasteiger partial charge in [-0.1, -0.05) is 46.3 Å². The van der Waals surface area contributed by atoms with Gasteiger partial charge in [0.2, 0.25) is 0 Å². The Kier molecular flexibility index (Phi) is 3.98. The molecule has 0 spiro atoms. The molecule has 2 heterocycles. The maximum Gasteiger partial charge on any atom is 0.199 e. The van der Waals surface area contributed by atoms with Crippen molar-refractivity contribution in [3.8, 4) is 17.1 Å². The third kappa shape index (κ3) is 2.88. The molecule has 2 aromatic heterocycles. The molecule has 0 N–H and O–H groups in total. The van der Waals surface area contributed by atoms with Gasteiger partial charge in [-0.05, 0) is 61.4 Å². The number of imidazole rings is 1. The van der Waals surface area contributed by atoms with Crippen LogP contribution in [0.3, 0.4) is 0 Å². The van der Waals surface area contributed by atoms with E-state index >= 15 is 0 Å². The first kappa shape index (κ1) is 17.1. The van der Waals surface area contributed by atoms with Crippen molar-refractivity contribution in [1.82, 2.24) is 19.5 Å². The molecule has 0 saturated heterocycles. The first-order valence-electron chi connectivity index (χ1n) is 9.08. The van der Waals surface area contributed by atoms with Crippen LogP contribution in [0.5, 0.6) is 0 Å². The highest BCUT2D eigenvalue weighted by atomic mass is 79.9. The molecule has 0 aliphatic heterocycles. The van der Waals surface area contributed by atoms with Crippen LogP contribution in [0, 0.1) is 13.8 Å². The summed E-state index contributed by atoms with van der Waals surface area (Å²) < 4.78 is 3.12. The Morgan fingerprint density at radius 3 is 2.18 bits per heavy atom. The van der Waals surface area contributed by atoms with E-state index in [0.29, 0.717) is 5.65 Å². The number of hydrogen-bond acceptors (Lipinski definition) is 3. The summed E-state index contributed by atoms with van der Waals surface area (Å²) in [7, 11) is 0. The molecule has 0 saturated carbocycles. The van der Waals surface area contributed by atoms with Crippen LogP contribution in [0.25, 0.3) is 39.4 Å². The first-order valence-corrected chi connectivity index (χ1v) is 9.88. The van der Waals surface area contributed by atoms with Crippen molar-refractivity contribution in [3.05, 3.63) is 82.3 Å². The number of aromatic nitrogens is 4. The molecular formula is C23H17BrN4. The lowest BCUT2D eigenvalue weighted by atomic mass is 10.1. The average molecular weight is 429 g/mol. The highest BCUT2D eigenvalue weighted by Crippen LogP contribution is 2.30. The Hall–Kier alpha value is -3.05. The molecule has 0 bridgehead atoms. The van der Waals surface area contributed by atoms with Gasteiger partial charge in [0.05, 0.1) is 11.0 Å². The van der Waals surface area contributed by atoms with Crippen molar-refractivity contribution in [3.63, 3.8) is 0 Å². The predicted octanol–water partition coefficient (Wildman–Crippen LogP) is 6.02. The molecule has 0 aliphatic carbocycles. The van der Waals surface area contributed by atoms with Gasteiger partial charge in [0.25, 0.3) is 0 Å². The van der Waals surface area contributed by atoms with Crippen LogP contribution in [0.15, 0.2) is 71.2 Å². The summed E-state index contributed by atoms with van der Waals surface area (Å²) in [5, 5.41) is 0. The van der Waals surface area contributed by atoms with E-state index in [2.05, 4.69) is 64.7 Å². The summed E-state index contributed by atoms with van der Waals surface area (Å²) in [5.41, 5.74) is 7.57. The zero-order valence-corrected chi connectivity index (χ0v) is 17.1. The van der Waals surface area contributed by atoms with Crippen LogP contribution in [-0.4, -0.2) is 19.5 Å². The number of para-hydroxylation sites is 2. The van der Waals surface area contributed by atoms with Gasteiger partial charge >= 0.3 is 0 Å². The second kappa shape index (κ2) is 6.53. The summed E-state index contributed by atoms with van der Waals surface area (Å²) in [6, 6.07) is 22.6. The smallest absolute Gasteiger partial charge is 0.199 e. The molecule has 0 atom stereocenters. The molecule has 3 aromatic carbocycles. The van der Waals surface area contributed by atoms with E-state index in [1.54, 1.807) is 0 Å². The normalized spacial score (nSPS) is 11.4. The molecule has 0 unspecified atom stereocenters. The number of hydrogen-bond donors (Lipinski definition) is 0. The summed E-state index contributed by atoms with van der Waals surface area (Å²) in [6.45, 7) is 4.21. The summed E-state index contributed by atoms with van der Waals surface area (Å²) in [6.07, 6.45) is 0. The van der Waals surface area contributed by atoms with Gasteiger partial charge in [-0.25, -0.2) is 15.0 Å². The van der Waals surface area contributed by atoms with E-state index in [4.69, 9.17) is 15.0 Å². The third-order valence-electron chi connectivity index (χ3n) is 4.72. The molecule has 0 fully saturated rings. The molecule has 136 valence electrons. The van der Waals surface area contributed by atoms with Crippen LogP contribution in [0.4, 0.5) is 0 Å². The number of halogens is 1. The van der Waals surface area contributed by atoms with Gasteiger partial charge in [0.1, 0.15) is 5.82 Å². The van der Waals surface area contributed by atoms with Crippen LogP contribution >= 0.6 is 15.9 Å². The largest absolute Gasteiger partial charge is 0.275 e. The molecule has 5 heteroatoms. The van der Waals surface area contributed by atoms with Crippen molar-refractivity contribution in [1.29, 1.82) is 0 Å². The Morgan fingerprint density at radius 1 is 0.750 bits per heavy atom. The van der Waals surface area contributed by atoms with E-state index in [1.807, 2.05) is 36.4 Å². The maximum absolute atomic E-state index is 4.91. The molecule has 4 nitrogen and oxygen atoms in total. The van der Waals surface area contributed by atoms with Crippen molar-refractivity contribution in [2.24, 2.45) is 0 Å². The minimum absolute atomic E-state index is 0.646. The average Bonchev–Trinajstić information content (AvgIpc) is 3.03. The number of aryl methyl sites for hydroxylation is 2. The number of benzene rings is 3. The highest BCUT2D eigenvalue weighted by molar-refractivity contribution is 9.10. The fourth-order valence-corrected chi connectivity index (χ4v) is 4.00. The summed E-state index contributed by atoms with van der Waals surface area (Å²) >= 11 is 3.57. The zero-order valence-electron chi connectivity index (χ0n) is 15.5. The quantitative estimate of drug-likeness (QED) is 0.345. The second-order valence-corrected chi connectivity index (χ2v) is 7.90. The summed E-state index contributed by atoms with van der Waals surface area (Å²) in [4.78, 5) is 14.6.